The summed E-state index contributed by atoms with van der Waals surface area (Å²) in [6.45, 7) is 7.24. The molecule has 0 aliphatic rings. The third-order valence-electron chi connectivity index (χ3n) is 18.9. The number of phosphoric ester groups is 2. The SMILES string of the molecule is CCCCCC/C=C\C=C/CCCCCCCC(=O)O[C@H](COC(=O)CCCCCCCCCCC(C)C)COP(=O)(O)OC[C@H](O)COP(=O)(O)OC[C@@H](COC(=O)CCCCCCCCCCCCCCCCCCC)OC(=O)CCCCCCCCCCCCCCCCCCCCC. The third-order valence-corrected chi connectivity index (χ3v) is 20.8. The summed E-state index contributed by atoms with van der Waals surface area (Å²) in [5.74, 6) is -1.41. The van der Waals surface area contributed by atoms with E-state index in [0.717, 1.165) is 109 Å². The summed E-state index contributed by atoms with van der Waals surface area (Å²) >= 11 is 0. The van der Waals surface area contributed by atoms with Gasteiger partial charge in [0.05, 0.1) is 26.4 Å². The maximum absolute atomic E-state index is 13.1. The van der Waals surface area contributed by atoms with Crippen molar-refractivity contribution in [2.24, 2.45) is 5.92 Å². The highest BCUT2D eigenvalue weighted by Crippen LogP contribution is 2.45. The van der Waals surface area contributed by atoms with Crippen LogP contribution in [0.25, 0.3) is 0 Å². The summed E-state index contributed by atoms with van der Waals surface area (Å²) in [6, 6.07) is 0. The van der Waals surface area contributed by atoms with E-state index in [1.54, 1.807) is 0 Å². The van der Waals surface area contributed by atoms with E-state index in [1.807, 2.05) is 0 Å². The van der Waals surface area contributed by atoms with Crippen molar-refractivity contribution in [1.29, 1.82) is 0 Å². The minimum Gasteiger partial charge on any atom is -0.462 e. The Labute approximate surface area is 624 Å². The lowest BCUT2D eigenvalue weighted by Gasteiger charge is -2.21. The van der Waals surface area contributed by atoms with Gasteiger partial charge in [0.1, 0.15) is 19.3 Å². The Kier molecular flexibility index (Phi) is 73.5. The number of esters is 4. The summed E-state index contributed by atoms with van der Waals surface area (Å²) in [5, 5.41) is 10.7. The zero-order chi connectivity index (χ0) is 74.8. The highest BCUT2D eigenvalue weighted by molar-refractivity contribution is 7.47. The fourth-order valence-corrected chi connectivity index (χ4v) is 14.0. The Hall–Kier alpha value is -2.46. The molecule has 0 aliphatic carbocycles. The maximum atomic E-state index is 13.1. The monoisotopic (exact) mass is 1490 g/mol. The predicted molar refractivity (Wildman–Crippen MR) is 418 cm³/mol. The molecule has 0 saturated heterocycles. The molecule has 5 atom stereocenters. The summed E-state index contributed by atoms with van der Waals surface area (Å²) in [4.78, 5) is 73.1. The lowest BCUT2D eigenvalue weighted by Crippen LogP contribution is -2.30. The lowest BCUT2D eigenvalue weighted by molar-refractivity contribution is -0.161. The molecule has 0 bridgehead atoms. The fraction of sp³-hybridized carbons (Fsp3) is 0.904. The molecule has 102 heavy (non-hydrogen) atoms. The largest absolute Gasteiger partial charge is 0.472 e. The summed E-state index contributed by atoms with van der Waals surface area (Å²) in [5.41, 5.74) is 0. The molecule has 602 valence electrons. The molecule has 0 aliphatic heterocycles. The van der Waals surface area contributed by atoms with Crippen LogP contribution < -0.4 is 0 Å². The first-order valence-corrected chi connectivity index (χ1v) is 45.4. The molecular formula is C83H158O17P2. The number of unbranched alkanes of at least 4 members (excludes halogenated alkanes) is 50. The van der Waals surface area contributed by atoms with E-state index in [1.165, 1.54) is 231 Å². The van der Waals surface area contributed by atoms with Crippen LogP contribution in [0, 0.1) is 5.92 Å². The highest BCUT2D eigenvalue weighted by atomic mass is 31.2. The van der Waals surface area contributed by atoms with Crippen molar-refractivity contribution in [2.45, 2.75) is 438 Å². The van der Waals surface area contributed by atoms with Crippen LogP contribution in [-0.4, -0.2) is 96.7 Å². The Morgan fingerprint density at radius 3 is 0.804 bits per heavy atom. The average Bonchev–Trinajstić information content (AvgIpc) is 0.918. The number of aliphatic hydroxyl groups is 1. The van der Waals surface area contributed by atoms with E-state index in [2.05, 4.69) is 58.9 Å². The second-order valence-electron chi connectivity index (χ2n) is 29.7. The van der Waals surface area contributed by atoms with Crippen molar-refractivity contribution >= 4 is 39.5 Å². The summed E-state index contributed by atoms with van der Waals surface area (Å²) < 4.78 is 68.7. The number of hydrogen-bond acceptors (Lipinski definition) is 15. The number of aliphatic hydroxyl groups excluding tert-OH is 1. The van der Waals surface area contributed by atoms with Gasteiger partial charge in [-0.3, -0.25) is 37.3 Å². The van der Waals surface area contributed by atoms with Gasteiger partial charge in [0, 0.05) is 25.7 Å². The van der Waals surface area contributed by atoms with Crippen LogP contribution in [0.15, 0.2) is 24.3 Å². The molecule has 0 rings (SSSR count). The van der Waals surface area contributed by atoms with Gasteiger partial charge in [0.15, 0.2) is 12.2 Å². The van der Waals surface area contributed by atoms with Gasteiger partial charge in [-0.2, -0.15) is 0 Å². The van der Waals surface area contributed by atoms with E-state index in [4.69, 9.17) is 37.0 Å². The number of carbonyl (C=O) groups is 4. The van der Waals surface area contributed by atoms with Crippen molar-refractivity contribution < 1.29 is 80.2 Å². The molecule has 0 heterocycles. The lowest BCUT2D eigenvalue weighted by atomic mass is 10.0. The summed E-state index contributed by atoms with van der Waals surface area (Å²) in [7, 11) is -9.94. The Bertz CT molecular complexity index is 2040. The summed E-state index contributed by atoms with van der Waals surface area (Å²) in [6.07, 6.45) is 70.2. The standard InChI is InChI=1S/C83H158O17P2/c1-6-9-12-15-18-21-24-27-30-32-33-35-38-41-44-47-54-59-64-69-82(87)99-78(72-93-80(85)66-61-56-51-45-42-39-37-34-31-28-25-22-19-16-13-10-7-2)74-97-101(89,90)95-70-77(84)71-96-102(91,92)98-75-79(73-94-81(86)67-62-57-52-49-48-50-55-60-65-76(4)5)100-83(88)68-63-58-53-46-43-40-36-29-26-23-20-17-14-11-8-3/h23,26,29,36,76-79,84H,6-22,24-25,27-28,30-35,37-75H2,1-5H3,(H,89,90)(H,91,92)/b26-23-,36-29-/t77-,78-,79-/m1/s1. The maximum Gasteiger partial charge on any atom is 0.472 e. The number of phosphoric acid groups is 2. The molecule has 0 aromatic rings. The minimum absolute atomic E-state index is 0.0849. The Balaban J connectivity index is 5.28. The van der Waals surface area contributed by atoms with Crippen molar-refractivity contribution in [1.82, 2.24) is 0 Å². The molecule has 0 radical (unpaired) electrons. The molecule has 19 heteroatoms. The first kappa shape index (κ1) is 99.5. The second kappa shape index (κ2) is 75.4. The van der Waals surface area contributed by atoms with Crippen LogP contribution >= 0.6 is 15.6 Å². The van der Waals surface area contributed by atoms with Crippen molar-refractivity contribution in [3.8, 4) is 0 Å². The van der Waals surface area contributed by atoms with Crippen molar-refractivity contribution in [3.05, 3.63) is 24.3 Å². The molecule has 0 aromatic heterocycles. The van der Waals surface area contributed by atoms with E-state index < -0.39 is 97.5 Å². The van der Waals surface area contributed by atoms with E-state index in [9.17, 15) is 43.2 Å². The van der Waals surface area contributed by atoms with Gasteiger partial charge in [-0.1, -0.05) is 367 Å². The second-order valence-corrected chi connectivity index (χ2v) is 32.6. The first-order chi connectivity index (χ1) is 49.5. The Morgan fingerprint density at radius 2 is 0.529 bits per heavy atom. The molecule has 0 aromatic carbocycles. The molecule has 3 N–H and O–H groups in total. The molecule has 0 fully saturated rings. The molecule has 0 saturated carbocycles. The van der Waals surface area contributed by atoms with E-state index >= 15 is 0 Å². The van der Waals surface area contributed by atoms with Gasteiger partial charge in [-0.15, -0.1) is 0 Å². The van der Waals surface area contributed by atoms with Crippen LogP contribution in [0.1, 0.15) is 420 Å². The fourth-order valence-electron chi connectivity index (χ4n) is 12.4. The van der Waals surface area contributed by atoms with Crippen molar-refractivity contribution in [2.75, 3.05) is 39.6 Å². The van der Waals surface area contributed by atoms with Gasteiger partial charge < -0.3 is 33.8 Å². The first-order valence-electron chi connectivity index (χ1n) is 42.5. The van der Waals surface area contributed by atoms with Gasteiger partial charge in [-0.05, 0) is 57.3 Å². The number of carbonyl (C=O) groups excluding carboxylic acids is 4. The number of ether oxygens (including phenoxy) is 4. The normalized spacial score (nSPS) is 14.0. The third kappa shape index (κ3) is 75.8. The topological polar surface area (TPSA) is 237 Å². The number of hydrogen-bond donors (Lipinski definition) is 3. The molecule has 0 spiro atoms. The van der Waals surface area contributed by atoms with Crippen molar-refractivity contribution in [3.63, 3.8) is 0 Å². The Morgan fingerprint density at radius 1 is 0.304 bits per heavy atom. The van der Waals surface area contributed by atoms with Gasteiger partial charge in [0.2, 0.25) is 0 Å². The van der Waals surface area contributed by atoms with E-state index in [-0.39, 0.29) is 25.7 Å². The highest BCUT2D eigenvalue weighted by Gasteiger charge is 2.30. The van der Waals surface area contributed by atoms with Crippen LogP contribution in [0.5, 0.6) is 0 Å². The van der Waals surface area contributed by atoms with E-state index in [0.29, 0.717) is 25.7 Å². The average molecular weight is 1490 g/mol. The molecule has 0 amide bonds. The van der Waals surface area contributed by atoms with Crippen LogP contribution in [-0.2, 0) is 65.4 Å². The predicted octanol–water partition coefficient (Wildman–Crippen LogP) is 24.8. The zero-order valence-electron chi connectivity index (χ0n) is 66.2. The van der Waals surface area contributed by atoms with Crippen LogP contribution in [0.4, 0.5) is 0 Å². The van der Waals surface area contributed by atoms with Crippen LogP contribution in [0.2, 0.25) is 0 Å². The van der Waals surface area contributed by atoms with Gasteiger partial charge in [-0.25, -0.2) is 9.13 Å². The van der Waals surface area contributed by atoms with Gasteiger partial charge in [0.25, 0.3) is 0 Å². The van der Waals surface area contributed by atoms with Crippen LogP contribution in [0.3, 0.4) is 0 Å². The number of rotatable bonds is 81. The smallest absolute Gasteiger partial charge is 0.462 e. The number of allylic oxidation sites excluding steroid dienone is 4. The van der Waals surface area contributed by atoms with Gasteiger partial charge >= 0.3 is 39.5 Å². The molecular weight excluding hydrogens is 1330 g/mol. The minimum atomic E-state index is -4.97. The zero-order valence-corrected chi connectivity index (χ0v) is 68.0. The molecule has 2 unspecified atom stereocenters. The molecule has 17 nitrogen and oxygen atoms in total. The quantitative estimate of drug-likeness (QED) is 0.0169.